The highest BCUT2D eigenvalue weighted by molar-refractivity contribution is 5.93. The number of nitrogens with one attached hydrogen (secondary N) is 1. The van der Waals surface area contributed by atoms with Gasteiger partial charge in [-0.25, -0.2) is 9.78 Å². The number of carbonyl (C=O) groups is 1. The van der Waals surface area contributed by atoms with Crippen molar-refractivity contribution < 1.29 is 14.3 Å². The number of likely N-dealkylation sites (tertiary alicyclic amines) is 1. The van der Waals surface area contributed by atoms with Gasteiger partial charge in [-0.3, -0.25) is 5.10 Å². The van der Waals surface area contributed by atoms with Crippen LogP contribution in [0, 0.1) is 19.3 Å². The molecule has 0 unspecified atom stereocenters. The van der Waals surface area contributed by atoms with Crippen LogP contribution in [0.25, 0.3) is 22.2 Å². The summed E-state index contributed by atoms with van der Waals surface area (Å²) in [4.78, 5) is 20.6. The highest BCUT2D eigenvalue weighted by Gasteiger charge is 2.54. The van der Waals surface area contributed by atoms with Crippen LogP contribution in [0.5, 0.6) is 5.75 Å². The van der Waals surface area contributed by atoms with Gasteiger partial charge in [-0.1, -0.05) is 0 Å². The number of aryl methyl sites for hydroxylation is 2. The fourth-order valence-corrected chi connectivity index (χ4v) is 5.72. The Morgan fingerprint density at radius 2 is 1.95 bits per heavy atom. The second kappa shape index (κ2) is 9.27. The van der Waals surface area contributed by atoms with E-state index < -0.39 is 0 Å². The largest absolute Gasteiger partial charge is 0.486 e. The molecule has 0 saturated carbocycles. The molecule has 0 bridgehead atoms. The van der Waals surface area contributed by atoms with Gasteiger partial charge in [0.25, 0.3) is 0 Å². The third-order valence-corrected chi connectivity index (χ3v) is 7.50. The monoisotopic (exact) mass is 513 g/mol. The maximum atomic E-state index is 11.9. The van der Waals surface area contributed by atoms with Crippen LogP contribution in [-0.4, -0.2) is 69.2 Å². The summed E-state index contributed by atoms with van der Waals surface area (Å²) < 4.78 is 11.4. The number of carbonyl (C=O) groups excluding carboxylic acids is 1. The Morgan fingerprint density at radius 1 is 1.13 bits per heavy atom. The van der Waals surface area contributed by atoms with Gasteiger partial charge < -0.3 is 19.3 Å². The third-order valence-electron chi connectivity index (χ3n) is 7.50. The minimum Gasteiger partial charge on any atom is -0.486 e. The van der Waals surface area contributed by atoms with Crippen molar-refractivity contribution in [2.75, 3.05) is 37.7 Å². The molecule has 10 heteroatoms. The predicted molar refractivity (Wildman–Crippen MR) is 143 cm³/mol. The topological polar surface area (TPSA) is 109 Å². The Labute approximate surface area is 221 Å². The van der Waals surface area contributed by atoms with Gasteiger partial charge in [0.15, 0.2) is 0 Å². The maximum Gasteiger partial charge on any atom is 0.409 e. The molecule has 3 aromatic heterocycles. The lowest BCUT2D eigenvalue weighted by molar-refractivity contribution is -0.0196. The molecule has 2 aliphatic rings. The number of hydrogen-bond acceptors (Lipinski definition) is 8. The molecule has 0 aliphatic carbocycles. The molecule has 38 heavy (non-hydrogen) atoms. The average Bonchev–Trinajstić information content (AvgIpc) is 3.26. The fourth-order valence-electron chi connectivity index (χ4n) is 5.72. The summed E-state index contributed by atoms with van der Waals surface area (Å²) in [7, 11) is 0. The van der Waals surface area contributed by atoms with E-state index in [1.54, 1.807) is 11.1 Å². The minimum absolute atomic E-state index is 0.167. The molecule has 5 heterocycles. The number of fused-ring (bicyclic) bond motifs is 1. The van der Waals surface area contributed by atoms with Crippen LogP contribution >= 0.6 is 0 Å². The van der Waals surface area contributed by atoms with Crippen molar-refractivity contribution in [3.8, 4) is 17.0 Å². The van der Waals surface area contributed by atoms with Gasteiger partial charge in [-0.2, -0.15) is 15.3 Å². The van der Waals surface area contributed by atoms with Crippen molar-refractivity contribution >= 4 is 22.8 Å². The highest BCUT2D eigenvalue weighted by atomic mass is 16.6. The van der Waals surface area contributed by atoms with E-state index in [2.05, 4.69) is 31.4 Å². The van der Waals surface area contributed by atoms with Crippen LogP contribution in [0.1, 0.15) is 36.8 Å². The molecule has 0 radical (unpaired) electrons. The van der Waals surface area contributed by atoms with Crippen molar-refractivity contribution in [3.63, 3.8) is 0 Å². The second-order valence-electron chi connectivity index (χ2n) is 10.4. The number of nitrogens with zero attached hydrogens (tertiary/aromatic N) is 6. The first-order valence-corrected chi connectivity index (χ1v) is 12.9. The van der Waals surface area contributed by atoms with Crippen LogP contribution < -0.4 is 9.64 Å². The summed E-state index contributed by atoms with van der Waals surface area (Å²) in [6, 6.07) is 10.0. The first kappa shape index (κ1) is 24.1. The zero-order valence-corrected chi connectivity index (χ0v) is 22.1. The summed E-state index contributed by atoms with van der Waals surface area (Å²) in [5.41, 5.74) is 5.85. The van der Waals surface area contributed by atoms with E-state index in [9.17, 15) is 4.79 Å². The van der Waals surface area contributed by atoms with E-state index in [-0.39, 0.29) is 17.6 Å². The van der Waals surface area contributed by atoms with Crippen LogP contribution in [0.3, 0.4) is 0 Å². The van der Waals surface area contributed by atoms with Crippen LogP contribution in [-0.2, 0) is 4.74 Å². The summed E-state index contributed by atoms with van der Waals surface area (Å²) >= 11 is 0. The summed E-state index contributed by atoms with van der Waals surface area (Å²) in [5.74, 6) is 1.69. The standard InChI is InChI=1S/C28H31N7O3/c1-5-37-27(36)35-15-28(16-35)13-34(14-28)24-9-6-20(12-29-24)26-22-10-21(7-8-23(22)32-33-26)38-19(4)25-17(2)11-30-31-18(25)3/h6-12,19H,5,13-16H2,1-4H3,(H,32,33)/t19-/m0/s1. The lowest BCUT2D eigenvalue weighted by atomic mass is 9.73. The maximum absolute atomic E-state index is 11.9. The average molecular weight is 514 g/mol. The lowest BCUT2D eigenvalue weighted by Gasteiger charge is -2.59. The number of amides is 1. The number of benzene rings is 1. The molecule has 196 valence electrons. The van der Waals surface area contributed by atoms with E-state index in [1.165, 1.54) is 0 Å². The molecule has 2 fully saturated rings. The van der Waals surface area contributed by atoms with Crippen molar-refractivity contribution in [1.82, 2.24) is 30.3 Å². The molecular weight excluding hydrogens is 482 g/mol. The zero-order valence-electron chi connectivity index (χ0n) is 22.1. The zero-order chi connectivity index (χ0) is 26.4. The van der Waals surface area contributed by atoms with Gasteiger partial charge in [-0.05, 0) is 63.6 Å². The summed E-state index contributed by atoms with van der Waals surface area (Å²) in [6.07, 6.45) is 3.25. The van der Waals surface area contributed by atoms with E-state index in [4.69, 9.17) is 14.5 Å². The van der Waals surface area contributed by atoms with Crippen LogP contribution in [0.2, 0.25) is 0 Å². The normalized spacial score (nSPS) is 16.7. The molecule has 2 saturated heterocycles. The Hall–Kier alpha value is -4.21. The van der Waals surface area contributed by atoms with Crippen molar-refractivity contribution in [3.05, 3.63) is 59.5 Å². The first-order valence-electron chi connectivity index (χ1n) is 12.9. The second-order valence-corrected chi connectivity index (χ2v) is 10.4. The van der Waals surface area contributed by atoms with Gasteiger partial charge in [0.05, 0.1) is 24.0 Å². The van der Waals surface area contributed by atoms with Gasteiger partial charge in [-0.15, -0.1) is 0 Å². The quantitative estimate of drug-likeness (QED) is 0.403. The van der Waals surface area contributed by atoms with Gasteiger partial charge in [0, 0.05) is 54.3 Å². The van der Waals surface area contributed by atoms with E-state index in [0.717, 1.165) is 76.7 Å². The number of anilines is 1. The third kappa shape index (κ3) is 4.19. The number of aromatic nitrogens is 5. The SMILES string of the molecule is CCOC(=O)N1CC2(C1)CN(c1ccc(-c3n[nH]c4ccc(O[C@@H](C)c5c(C)cnnc5C)cc34)cn1)C2. The molecule has 1 N–H and O–H groups in total. The van der Waals surface area contributed by atoms with Gasteiger partial charge in [0.1, 0.15) is 23.4 Å². The number of H-pyrrole nitrogens is 1. The van der Waals surface area contributed by atoms with Crippen molar-refractivity contribution in [1.29, 1.82) is 0 Å². The predicted octanol–water partition coefficient (Wildman–Crippen LogP) is 4.45. The molecule has 1 atom stereocenters. The lowest BCUT2D eigenvalue weighted by Crippen LogP contribution is -2.73. The Balaban J connectivity index is 1.14. The van der Waals surface area contributed by atoms with Crippen LogP contribution in [0.15, 0.2) is 42.7 Å². The summed E-state index contributed by atoms with van der Waals surface area (Å²) in [5, 5.41) is 16.9. The Morgan fingerprint density at radius 3 is 2.66 bits per heavy atom. The van der Waals surface area contributed by atoms with E-state index in [1.807, 2.05) is 58.2 Å². The molecule has 4 aromatic rings. The minimum atomic E-state index is -0.215. The smallest absolute Gasteiger partial charge is 0.409 e. The molecular formula is C28H31N7O3. The Kier molecular flexibility index (Phi) is 5.89. The molecule has 6 rings (SSSR count). The molecule has 1 amide bonds. The van der Waals surface area contributed by atoms with Crippen molar-refractivity contribution in [2.24, 2.45) is 5.41 Å². The molecule has 1 spiro atoms. The van der Waals surface area contributed by atoms with E-state index >= 15 is 0 Å². The summed E-state index contributed by atoms with van der Waals surface area (Å²) in [6.45, 7) is 11.5. The first-order chi connectivity index (χ1) is 18.4. The number of aromatic amines is 1. The number of rotatable bonds is 6. The molecule has 2 aliphatic heterocycles. The van der Waals surface area contributed by atoms with Crippen LogP contribution in [0.4, 0.5) is 10.6 Å². The highest BCUT2D eigenvalue weighted by Crippen LogP contribution is 2.42. The fraction of sp³-hybridized carbons (Fsp3) is 0.393. The van der Waals surface area contributed by atoms with Gasteiger partial charge in [0.2, 0.25) is 0 Å². The molecule has 10 nitrogen and oxygen atoms in total. The van der Waals surface area contributed by atoms with E-state index in [0.29, 0.717) is 6.61 Å². The number of pyridine rings is 1. The number of ether oxygens (including phenoxy) is 2. The van der Waals surface area contributed by atoms with Crippen molar-refractivity contribution in [2.45, 2.75) is 33.8 Å². The van der Waals surface area contributed by atoms with Gasteiger partial charge >= 0.3 is 6.09 Å². The Bertz CT molecular complexity index is 1470. The molecule has 1 aromatic carbocycles. The number of hydrogen-bond donors (Lipinski definition) is 1.